The van der Waals surface area contributed by atoms with Crippen molar-refractivity contribution in [1.29, 1.82) is 0 Å². The van der Waals surface area contributed by atoms with Crippen LogP contribution in [0.3, 0.4) is 0 Å². The summed E-state index contributed by atoms with van der Waals surface area (Å²) in [6, 6.07) is 0.475. The Morgan fingerprint density at radius 2 is 1.71 bits per heavy atom. The molecule has 0 N–H and O–H groups in total. The fourth-order valence-electron chi connectivity index (χ4n) is 2.33. The van der Waals surface area contributed by atoms with Crippen LogP contribution in [-0.4, -0.2) is 28.3 Å². The van der Waals surface area contributed by atoms with Crippen molar-refractivity contribution in [2.75, 3.05) is 11.9 Å². The minimum atomic E-state index is 0.143. The number of nitrogens with zero attached hydrogens (tertiary/aromatic N) is 4. The van der Waals surface area contributed by atoms with E-state index in [0.29, 0.717) is 17.0 Å². The molecule has 0 spiro atoms. The molecule has 0 unspecified atom stereocenters. The van der Waals surface area contributed by atoms with Crippen molar-refractivity contribution in [1.82, 2.24) is 15.2 Å². The maximum Gasteiger partial charge on any atom is 0.245 e. The lowest BCUT2D eigenvalue weighted by molar-refractivity contribution is 0.548. The van der Waals surface area contributed by atoms with Gasteiger partial charge >= 0.3 is 0 Å². The van der Waals surface area contributed by atoms with E-state index in [9.17, 15) is 0 Å². The van der Waals surface area contributed by atoms with Gasteiger partial charge in [0.05, 0.1) is 0 Å². The maximum atomic E-state index is 6.01. The number of hydrogen-bond acceptors (Lipinski definition) is 4. The Balaban J connectivity index is 2.16. The van der Waals surface area contributed by atoms with E-state index in [-0.39, 0.29) is 5.28 Å². The van der Waals surface area contributed by atoms with Crippen LogP contribution in [0.2, 0.25) is 10.4 Å². The van der Waals surface area contributed by atoms with Crippen LogP contribution in [0.25, 0.3) is 0 Å². The highest BCUT2D eigenvalue weighted by atomic mass is 35.5. The summed E-state index contributed by atoms with van der Waals surface area (Å²) in [7, 11) is 2.00. The normalized spacial score (nSPS) is 17.8. The summed E-state index contributed by atoms with van der Waals surface area (Å²) in [5.74, 6) is 0.638. The second-order valence-corrected chi connectivity index (χ2v) is 5.15. The smallest absolute Gasteiger partial charge is 0.245 e. The Labute approximate surface area is 111 Å². The van der Waals surface area contributed by atoms with E-state index >= 15 is 0 Å². The van der Waals surface area contributed by atoms with Gasteiger partial charge in [0.25, 0.3) is 0 Å². The largest absolute Gasteiger partial charge is 0.354 e. The van der Waals surface area contributed by atoms with Crippen LogP contribution in [0.5, 0.6) is 0 Å². The van der Waals surface area contributed by atoms with E-state index in [1.165, 1.54) is 38.5 Å². The molecule has 1 aromatic rings. The van der Waals surface area contributed by atoms with Gasteiger partial charge in [-0.05, 0) is 24.4 Å². The number of anilines is 1. The van der Waals surface area contributed by atoms with Crippen LogP contribution >= 0.6 is 23.2 Å². The van der Waals surface area contributed by atoms with E-state index in [1.807, 2.05) is 7.05 Å². The number of rotatable bonds is 2. The SMILES string of the molecule is CN(c1nc(Cl)nnc1Cl)C1CCCCCC1. The zero-order valence-electron chi connectivity index (χ0n) is 9.86. The van der Waals surface area contributed by atoms with Gasteiger partial charge < -0.3 is 4.90 Å². The van der Waals surface area contributed by atoms with Crippen molar-refractivity contribution in [2.45, 2.75) is 44.6 Å². The van der Waals surface area contributed by atoms with Crippen molar-refractivity contribution < 1.29 is 0 Å². The Kier molecular flexibility index (Phi) is 4.40. The predicted octanol–water partition coefficient (Wildman–Crippen LogP) is 3.34. The molecule has 0 aromatic carbocycles. The second kappa shape index (κ2) is 5.83. The first-order valence-corrected chi connectivity index (χ1v) is 6.72. The number of aromatic nitrogens is 3. The van der Waals surface area contributed by atoms with E-state index in [1.54, 1.807) is 0 Å². The second-order valence-electron chi connectivity index (χ2n) is 4.45. The number of hydrogen-bond donors (Lipinski definition) is 0. The first-order valence-electron chi connectivity index (χ1n) is 5.97. The lowest BCUT2D eigenvalue weighted by atomic mass is 10.1. The minimum Gasteiger partial charge on any atom is -0.354 e. The van der Waals surface area contributed by atoms with Crippen molar-refractivity contribution in [3.63, 3.8) is 0 Å². The third-order valence-electron chi connectivity index (χ3n) is 3.31. The minimum absolute atomic E-state index is 0.143. The van der Waals surface area contributed by atoms with E-state index in [4.69, 9.17) is 23.2 Å². The van der Waals surface area contributed by atoms with E-state index in [2.05, 4.69) is 20.1 Å². The summed E-state index contributed by atoms with van der Waals surface area (Å²) in [5, 5.41) is 7.89. The van der Waals surface area contributed by atoms with Crippen molar-refractivity contribution in [3.8, 4) is 0 Å². The molecule has 0 saturated heterocycles. The van der Waals surface area contributed by atoms with Crippen LogP contribution in [0.1, 0.15) is 38.5 Å². The van der Waals surface area contributed by atoms with Gasteiger partial charge in [-0.3, -0.25) is 0 Å². The molecular formula is C11H16Cl2N4. The third-order valence-corrected chi connectivity index (χ3v) is 3.71. The molecule has 6 heteroatoms. The molecule has 1 heterocycles. The van der Waals surface area contributed by atoms with Crippen molar-refractivity contribution >= 4 is 29.0 Å². The van der Waals surface area contributed by atoms with Crippen LogP contribution in [0.15, 0.2) is 0 Å². The molecule has 1 saturated carbocycles. The Morgan fingerprint density at radius 3 is 2.35 bits per heavy atom. The van der Waals surface area contributed by atoms with Gasteiger partial charge in [-0.1, -0.05) is 37.3 Å². The fourth-order valence-corrected chi connectivity index (χ4v) is 2.66. The molecule has 0 aliphatic heterocycles. The number of halogens is 2. The Morgan fingerprint density at radius 1 is 1.06 bits per heavy atom. The summed E-state index contributed by atoms with van der Waals surface area (Å²) in [6.07, 6.45) is 7.52. The zero-order chi connectivity index (χ0) is 12.3. The monoisotopic (exact) mass is 274 g/mol. The molecule has 0 amide bonds. The topological polar surface area (TPSA) is 41.9 Å². The van der Waals surface area contributed by atoms with Gasteiger partial charge in [0.2, 0.25) is 5.28 Å². The zero-order valence-corrected chi connectivity index (χ0v) is 11.4. The molecule has 4 nitrogen and oxygen atoms in total. The van der Waals surface area contributed by atoms with Crippen LogP contribution in [0.4, 0.5) is 5.82 Å². The highest BCUT2D eigenvalue weighted by Crippen LogP contribution is 2.28. The predicted molar refractivity (Wildman–Crippen MR) is 69.7 cm³/mol. The summed E-state index contributed by atoms with van der Waals surface area (Å²) in [5.41, 5.74) is 0. The van der Waals surface area contributed by atoms with Gasteiger partial charge in [-0.15, -0.1) is 10.2 Å². The van der Waals surface area contributed by atoms with Crippen molar-refractivity contribution in [3.05, 3.63) is 10.4 Å². The maximum absolute atomic E-state index is 6.01. The van der Waals surface area contributed by atoms with Crippen LogP contribution in [-0.2, 0) is 0 Å². The Bertz CT molecular complexity index is 378. The summed E-state index contributed by atoms with van der Waals surface area (Å²) in [6.45, 7) is 0. The first-order chi connectivity index (χ1) is 8.18. The highest BCUT2D eigenvalue weighted by Gasteiger charge is 2.21. The molecule has 0 atom stereocenters. The molecule has 2 rings (SSSR count). The fraction of sp³-hybridized carbons (Fsp3) is 0.727. The van der Waals surface area contributed by atoms with Crippen LogP contribution < -0.4 is 4.90 Å². The average Bonchev–Trinajstić information content (AvgIpc) is 2.60. The van der Waals surface area contributed by atoms with Gasteiger partial charge in [0.15, 0.2) is 11.0 Å². The molecular weight excluding hydrogens is 259 g/mol. The molecule has 1 aromatic heterocycles. The lowest BCUT2D eigenvalue weighted by Crippen LogP contribution is -2.32. The first kappa shape index (κ1) is 12.8. The van der Waals surface area contributed by atoms with Gasteiger partial charge in [-0.2, -0.15) is 4.98 Å². The molecule has 94 valence electrons. The van der Waals surface area contributed by atoms with Gasteiger partial charge in [-0.25, -0.2) is 0 Å². The summed E-state index contributed by atoms with van der Waals surface area (Å²) < 4.78 is 0. The molecule has 0 bridgehead atoms. The molecule has 1 aliphatic carbocycles. The quantitative estimate of drug-likeness (QED) is 0.776. The standard InChI is InChI=1S/C11H16Cl2N4/c1-17(8-6-4-2-3-5-7-8)10-9(12)15-16-11(13)14-10/h8H,2-7H2,1H3. The molecule has 0 radical (unpaired) electrons. The highest BCUT2D eigenvalue weighted by molar-refractivity contribution is 6.32. The average molecular weight is 275 g/mol. The molecule has 17 heavy (non-hydrogen) atoms. The third kappa shape index (κ3) is 3.19. The molecule has 1 fully saturated rings. The van der Waals surface area contributed by atoms with Crippen LogP contribution in [0, 0.1) is 0 Å². The molecule has 1 aliphatic rings. The van der Waals surface area contributed by atoms with E-state index < -0.39 is 0 Å². The Hall–Kier alpha value is -0.610. The van der Waals surface area contributed by atoms with E-state index in [0.717, 1.165) is 0 Å². The van der Waals surface area contributed by atoms with Gasteiger partial charge in [0, 0.05) is 13.1 Å². The van der Waals surface area contributed by atoms with Gasteiger partial charge in [0.1, 0.15) is 0 Å². The van der Waals surface area contributed by atoms with Crippen molar-refractivity contribution in [2.24, 2.45) is 0 Å². The lowest BCUT2D eigenvalue weighted by Gasteiger charge is -2.28. The summed E-state index contributed by atoms with van der Waals surface area (Å²) >= 11 is 11.8. The summed E-state index contributed by atoms with van der Waals surface area (Å²) in [4.78, 5) is 6.26.